The lowest BCUT2D eigenvalue weighted by molar-refractivity contribution is 0.0621. The van der Waals surface area contributed by atoms with Crippen molar-refractivity contribution in [3.05, 3.63) is 0 Å². The molecule has 1 aliphatic carbocycles. The van der Waals surface area contributed by atoms with Crippen LogP contribution in [-0.2, 0) is 4.74 Å². The lowest BCUT2D eigenvalue weighted by Gasteiger charge is -2.11. The third kappa shape index (κ3) is 0.527. The summed E-state index contributed by atoms with van der Waals surface area (Å²) in [6.07, 6.45) is -1.31. The molecule has 1 N–H and O–H groups in total. The molecule has 1 saturated carbocycles. The molecule has 2 fully saturated rings. The molecular formula is C5H6BFO2. The Labute approximate surface area is 53.4 Å². The second-order valence-electron chi connectivity index (χ2n) is 2.69. The van der Waals surface area contributed by atoms with Gasteiger partial charge in [-0.25, -0.2) is 4.39 Å². The normalized spacial score (nSPS) is 63.6. The summed E-state index contributed by atoms with van der Waals surface area (Å²) in [4.78, 5) is 0. The summed E-state index contributed by atoms with van der Waals surface area (Å²) in [5.74, 6) is 0. The number of halogens is 1. The molecule has 0 bridgehead atoms. The molecule has 0 aromatic heterocycles. The number of ether oxygens (including phenoxy) is 1. The molecule has 2 radical (unpaired) electrons. The lowest BCUT2D eigenvalue weighted by atomic mass is 9.93. The molecule has 1 saturated heterocycles. The quantitative estimate of drug-likeness (QED) is 0.439. The van der Waals surface area contributed by atoms with Gasteiger partial charge in [0.25, 0.3) is 0 Å². The summed E-state index contributed by atoms with van der Waals surface area (Å²) < 4.78 is 17.4. The van der Waals surface area contributed by atoms with Crippen molar-refractivity contribution in [1.29, 1.82) is 0 Å². The maximum atomic E-state index is 12.6. The Morgan fingerprint density at radius 1 is 1.78 bits per heavy atom. The first-order chi connectivity index (χ1) is 4.14. The highest BCUT2D eigenvalue weighted by Gasteiger charge is 2.67. The Hall–Kier alpha value is -0.0851. The summed E-state index contributed by atoms with van der Waals surface area (Å²) in [7, 11) is 5.13. The molecule has 1 aliphatic heterocycles. The molecular weight excluding hydrogens is 122 g/mol. The van der Waals surface area contributed by atoms with Crippen LogP contribution in [0.5, 0.6) is 0 Å². The Balaban J connectivity index is 2.18. The smallest absolute Gasteiger partial charge is 0.149 e. The van der Waals surface area contributed by atoms with Crippen LogP contribution in [-0.4, -0.2) is 36.8 Å². The first kappa shape index (κ1) is 5.68. The summed E-state index contributed by atoms with van der Waals surface area (Å²) in [6, 6.07) is -0.909. The minimum Gasteiger partial charge on any atom is -0.384 e. The first-order valence-corrected chi connectivity index (χ1v) is 2.92. The van der Waals surface area contributed by atoms with Crippen LogP contribution in [0.4, 0.5) is 4.39 Å². The summed E-state index contributed by atoms with van der Waals surface area (Å²) in [5, 5.41) is 9.13. The van der Waals surface area contributed by atoms with Gasteiger partial charge >= 0.3 is 0 Å². The van der Waals surface area contributed by atoms with E-state index in [2.05, 4.69) is 0 Å². The van der Waals surface area contributed by atoms with E-state index in [1.54, 1.807) is 0 Å². The van der Waals surface area contributed by atoms with Gasteiger partial charge in [-0.05, 0) is 0 Å². The van der Waals surface area contributed by atoms with E-state index in [0.29, 0.717) is 6.42 Å². The maximum Gasteiger partial charge on any atom is 0.149 e. The SMILES string of the molecule is [B]C1O[C@@H]2C[C@]2(O)[C@H]1F. The monoisotopic (exact) mass is 128 g/mol. The Bertz CT molecular complexity index is 154. The van der Waals surface area contributed by atoms with Crippen LogP contribution in [0.2, 0.25) is 0 Å². The van der Waals surface area contributed by atoms with Gasteiger partial charge in [-0.1, -0.05) is 0 Å². The molecule has 0 amide bonds. The van der Waals surface area contributed by atoms with Gasteiger partial charge in [-0.15, -0.1) is 0 Å². The van der Waals surface area contributed by atoms with E-state index in [1.165, 1.54) is 0 Å². The second-order valence-corrected chi connectivity index (χ2v) is 2.69. The standard InChI is InChI=1S/C5H6BFO2/c6-4-3(7)5(8)1-2(5)9-4/h2-4,8H,1H2/t2-,3+,4?,5-/m1/s1. The van der Waals surface area contributed by atoms with Crippen LogP contribution in [0.3, 0.4) is 0 Å². The van der Waals surface area contributed by atoms with E-state index in [0.717, 1.165) is 0 Å². The van der Waals surface area contributed by atoms with Crippen LogP contribution >= 0.6 is 0 Å². The van der Waals surface area contributed by atoms with Gasteiger partial charge in [0.1, 0.15) is 19.6 Å². The Kier molecular flexibility index (Phi) is 0.835. The number of hydrogen-bond donors (Lipinski definition) is 1. The molecule has 2 nitrogen and oxygen atoms in total. The van der Waals surface area contributed by atoms with E-state index < -0.39 is 17.8 Å². The highest BCUT2D eigenvalue weighted by molar-refractivity contribution is 6.11. The zero-order valence-electron chi connectivity index (χ0n) is 4.75. The number of aliphatic hydroxyl groups is 1. The van der Waals surface area contributed by atoms with Crippen molar-refractivity contribution in [2.45, 2.75) is 30.3 Å². The maximum absolute atomic E-state index is 12.6. The van der Waals surface area contributed by atoms with Crippen molar-refractivity contribution in [3.63, 3.8) is 0 Å². The molecule has 2 aliphatic rings. The zero-order chi connectivity index (χ0) is 6.65. The Morgan fingerprint density at radius 3 is 2.67 bits per heavy atom. The first-order valence-electron chi connectivity index (χ1n) is 2.92. The highest BCUT2D eigenvalue weighted by Crippen LogP contribution is 2.50. The van der Waals surface area contributed by atoms with Gasteiger partial charge in [0.15, 0.2) is 0 Å². The van der Waals surface area contributed by atoms with Crippen molar-refractivity contribution < 1.29 is 14.2 Å². The average Bonchev–Trinajstić information content (AvgIpc) is 2.36. The fraction of sp³-hybridized carbons (Fsp3) is 1.00. The van der Waals surface area contributed by atoms with Crippen molar-refractivity contribution in [3.8, 4) is 0 Å². The van der Waals surface area contributed by atoms with Crippen molar-refractivity contribution in [1.82, 2.24) is 0 Å². The van der Waals surface area contributed by atoms with Gasteiger partial charge in [-0.2, -0.15) is 0 Å². The van der Waals surface area contributed by atoms with Crippen LogP contribution < -0.4 is 0 Å². The summed E-state index contributed by atoms with van der Waals surface area (Å²) >= 11 is 0. The number of fused-ring (bicyclic) bond motifs is 1. The fourth-order valence-corrected chi connectivity index (χ4v) is 1.24. The molecule has 48 valence electrons. The van der Waals surface area contributed by atoms with E-state index >= 15 is 0 Å². The van der Waals surface area contributed by atoms with Crippen LogP contribution in [0, 0.1) is 0 Å². The minimum atomic E-state index is -1.39. The van der Waals surface area contributed by atoms with Gasteiger partial charge in [-0.3, -0.25) is 0 Å². The van der Waals surface area contributed by atoms with Gasteiger partial charge < -0.3 is 9.84 Å². The van der Waals surface area contributed by atoms with E-state index in [9.17, 15) is 4.39 Å². The summed E-state index contributed by atoms with van der Waals surface area (Å²) in [5.41, 5.74) is -1.22. The Morgan fingerprint density at radius 2 is 2.44 bits per heavy atom. The van der Waals surface area contributed by atoms with Crippen LogP contribution in [0.1, 0.15) is 6.42 Å². The summed E-state index contributed by atoms with van der Waals surface area (Å²) in [6.45, 7) is 0. The van der Waals surface area contributed by atoms with Crippen molar-refractivity contribution in [2.24, 2.45) is 0 Å². The van der Waals surface area contributed by atoms with Crippen LogP contribution in [0.25, 0.3) is 0 Å². The molecule has 0 spiro atoms. The number of hydrogen-bond acceptors (Lipinski definition) is 2. The average molecular weight is 128 g/mol. The van der Waals surface area contributed by atoms with E-state index in [1.807, 2.05) is 0 Å². The number of rotatable bonds is 0. The van der Waals surface area contributed by atoms with Crippen molar-refractivity contribution in [2.75, 3.05) is 0 Å². The second kappa shape index (κ2) is 1.32. The van der Waals surface area contributed by atoms with E-state index in [-0.39, 0.29) is 6.10 Å². The largest absolute Gasteiger partial charge is 0.384 e. The minimum absolute atomic E-state index is 0.331. The molecule has 0 aromatic rings. The lowest BCUT2D eigenvalue weighted by Crippen LogP contribution is -2.30. The fourth-order valence-electron chi connectivity index (χ4n) is 1.24. The molecule has 4 heteroatoms. The van der Waals surface area contributed by atoms with E-state index in [4.69, 9.17) is 17.7 Å². The molecule has 1 unspecified atom stereocenters. The van der Waals surface area contributed by atoms with Crippen LogP contribution in [0.15, 0.2) is 0 Å². The third-order valence-electron chi connectivity index (χ3n) is 2.00. The van der Waals surface area contributed by atoms with Gasteiger partial charge in [0.2, 0.25) is 0 Å². The highest BCUT2D eigenvalue weighted by atomic mass is 19.1. The molecule has 2 rings (SSSR count). The third-order valence-corrected chi connectivity index (χ3v) is 2.00. The predicted molar refractivity (Wildman–Crippen MR) is 28.9 cm³/mol. The van der Waals surface area contributed by atoms with Gasteiger partial charge in [0.05, 0.1) is 12.1 Å². The van der Waals surface area contributed by atoms with Gasteiger partial charge in [0, 0.05) is 6.42 Å². The molecule has 4 atom stereocenters. The number of alkyl halides is 1. The predicted octanol–water partition coefficient (Wildman–Crippen LogP) is -0.647. The zero-order valence-corrected chi connectivity index (χ0v) is 4.75. The molecule has 0 aromatic carbocycles. The van der Waals surface area contributed by atoms with Crippen molar-refractivity contribution >= 4 is 7.85 Å². The molecule has 1 heterocycles. The molecule has 9 heavy (non-hydrogen) atoms. The topological polar surface area (TPSA) is 29.5 Å².